The summed E-state index contributed by atoms with van der Waals surface area (Å²) in [5.74, 6) is 0. The zero-order valence-electron chi connectivity index (χ0n) is 14.5. The van der Waals surface area contributed by atoms with Crippen LogP contribution in [-0.2, 0) is 8.85 Å². The first kappa shape index (κ1) is 20.3. The molecule has 0 aliphatic heterocycles. The molecular formula is C14H36N2O2Si2. The van der Waals surface area contributed by atoms with Gasteiger partial charge in [-0.25, -0.2) is 0 Å². The van der Waals surface area contributed by atoms with Crippen molar-refractivity contribution in [3.05, 3.63) is 0 Å². The maximum Gasteiger partial charge on any atom is 0.183 e. The van der Waals surface area contributed by atoms with Crippen LogP contribution in [0.3, 0.4) is 0 Å². The number of nitrogens with one attached hydrogen (secondary N) is 2. The highest BCUT2D eigenvalue weighted by Crippen LogP contribution is 2.02. The van der Waals surface area contributed by atoms with E-state index < -0.39 is 16.6 Å². The highest BCUT2D eigenvalue weighted by atomic mass is 28.4. The van der Waals surface area contributed by atoms with Crippen LogP contribution in [0.4, 0.5) is 0 Å². The summed E-state index contributed by atoms with van der Waals surface area (Å²) in [6, 6.07) is 0. The van der Waals surface area contributed by atoms with Crippen molar-refractivity contribution in [2.45, 2.75) is 52.1 Å². The molecule has 0 saturated heterocycles. The van der Waals surface area contributed by atoms with Crippen LogP contribution < -0.4 is 10.6 Å². The molecule has 0 heterocycles. The van der Waals surface area contributed by atoms with Gasteiger partial charge in [0.15, 0.2) is 16.6 Å². The third kappa shape index (κ3) is 18.3. The van der Waals surface area contributed by atoms with E-state index in [1.165, 1.54) is 0 Å². The highest BCUT2D eigenvalue weighted by molar-refractivity contribution is 6.70. The summed E-state index contributed by atoms with van der Waals surface area (Å²) in [7, 11) is -2.63. The predicted molar refractivity (Wildman–Crippen MR) is 93.6 cm³/mol. The second kappa shape index (κ2) is 10.9. The number of rotatable bonds is 13. The van der Waals surface area contributed by atoms with Gasteiger partial charge in [-0.15, -0.1) is 0 Å². The molecule has 0 fully saturated rings. The zero-order chi connectivity index (χ0) is 15.5. The molecule has 0 saturated carbocycles. The fourth-order valence-electron chi connectivity index (χ4n) is 1.58. The second-order valence-corrected chi connectivity index (χ2v) is 16.2. The van der Waals surface area contributed by atoms with Gasteiger partial charge in [0.25, 0.3) is 0 Å². The smallest absolute Gasteiger partial charge is 0.183 e. The Hall–Kier alpha value is 0.274. The minimum Gasteiger partial charge on any atom is -0.418 e. The Bertz CT molecular complexity index is 204. The topological polar surface area (TPSA) is 42.5 Å². The lowest BCUT2D eigenvalue weighted by atomic mass is 10.4. The minimum atomic E-state index is -1.31. The van der Waals surface area contributed by atoms with Crippen LogP contribution in [-0.4, -0.2) is 56.0 Å². The van der Waals surface area contributed by atoms with E-state index in [9.17, 15) is 0 Å². The molecule has 0 aromatic heterocycles. The van der Waals surface area contributed by atoms with Crippen molar-refractivity contribution in [1.29, 1.82) is 0 Å². The lowest BCUT2D eigenvalue weighted by Gasteiger charge is -2.17. The minimum absolute atomic E-state index is 0.893. The molecule has 0 bridgehead atoms. The number of hydrogen-bond acceptors (Lipinski definition) is 4. The molecule has 0 aliphatic rings. The van der Waals surface area contributed by atoms with E-state index in [1.54, 1.807) is 0 Å². The molecule has 6 heteroatoms. The van der Waals surface area contributed by atoms with Crippen molar-refractivity contribution in [3.63, 3.8) is 0 Å². The van der Waals surface area contributed by atoms with Gasteiger partial charge in [0.1, 0.15) is 0 Å². The van der Waals surface area contributed by atoms with Crippen molar-refractivity contribution in [1.82, 2.24) is 10.6 Å². The zero-order valence-corrected chi connectivity index (χ0v) is 16.5. The molecule has 4 nitrogen and oxygen atoms in total. The molecular weight excluding hydrogens is 284 g/mol. The highest BCUT2D eigenvalue weighted by Gasteiger charge is 2.13. The van der Waals surface area contributed by atoms with E-state index >= 15 is 0 Å². The Kier molecular flexibility index (Phi) is 11.1. The van der Waals surface area contributed by atoms with E-state index in [-0.39, 0.29) is 0 Å². The molecule has 2 N–H and O–H groups in total. The van der Waals surface area contributed by atoms with Gasteiger partial charge in [0.2, 0.25) is 0 Å². The Labute approximate surface area is 128 Å². The molecule has 20 heavy (non-hydrogen) atoms. The number of hydrogen-bond donors (Lipinski definition) is 2. The maximum atomic E-state index is 5.80. The molecule has 0 rings (SSSR count). The normalized spacial score (nSPS) is 12.9. The molecule has 122 valence electrons. The predicted octanol–water partition coefficient (Wildman–Crippen LogP) is 2.65. The summed E-state index contributed by atoms with van der Waals surface area (Å²) in [5.41, 5.74) is 0. The van der Waals surface area contributed by atoms with E-state index in [0.717, 1.165) is 52.2 Å². The lowest BCUT2D eigenvalue weighted by Crippen LogP contribution is -2.31. The van der Waals surface area contributed by atoms with Crippen LogP contribution in [0.1, 0.15) is 12.8 Å². The average Bonchev–Trinajstić information content (AvgIpc) is 2.27. The quantitative estimate of drug-likeness (QED) is 0.404. The molecule has 0 aromatic rings. The summed E-state index contributed by atoms with van der Waals surface area (Å²) in [5, 5.41) is 6.87. The van der Waals surface area contributed by atoms with Gasteiger partial charge in [0, 0.05) is 26.3 Å². The molecule has 0 aliphatic carbocycles. The summed E-state index contributed by atoms with van der Waals surface area (Å²) >= 11 is 0. The van der Waals surface area contributed by atoms with Crippen LogP contribution in [0.25, 0.3) is 0 Å². The van der Waals surface area contributed by atoms with Gasteiger partial charge in [-0.05, 0) is 65.2 Å². The van der Waals surface area contributed by atoms with Crippen LogP contribution in [0.15, 0.2) is 0 Å². The third-order valence-electron chi connectivity index (χ3n) is 2.54. The summed E-state index contributed by atoms with van der Waals surface area (Å²) in [6.07, 6.45) is 2.21. The molecule has 0 unspecified atom stereocenters. The summed E-state index contributed by atoms with van der Waals surface area (Å²) < 4.78 is 11.6. The van der Waals surface area contributed by atoms with Gasteiger partial charge in [0.05, 0.1) is 0 Å². The first-order valence-corrected chi connectivity index (χ1v) is 14.7. The van der Waals surface area contributed by atoms with Crippen molar-refractivity contribution >= 4 is 16.6 Å². The second-order valence-electron chi connectivity index (χ2n) is 7.13. The maximum absolute atomic E-state index is 5.80. The Morgan fingerprint density at radius 2 is 0.950 bits per heavy atom. The molecule has 0 atom stereocenters. The third-order valence-corrected chi connectivity index (χ3v) is 4.68. The summed E-state index contributed by atoms with van der Waals surface area (Å²) in [4.78, 5) is 0. The van der Waals surface area contributed by atoms with E-state index in [4.69, 9.17) is 8.85 Å². The van der Waals surface area contributed by atoms with Crippen molar-refractivity contribution < 1.29 is 8.85 Å². The summed E-state index contributed by atoms with van der Waals surface area (Å²) in [6.45, 7) is 19.3. The van der Waals surface area contributed by atoms with E-state index in [2.05, 4.69) is 49.9 Å². The fourth-order valence-corrected chi connectivity index (χ4v) is 3.09. The van der Waals surface area contributed by atoms with Crippen LogP contribution in [0.5, 0.6) is 0 Å². The van der Waals surface area contributed by atoms with Crippen LogP contribution in [0, 0.1) is 0 Å². The SMILES string of the molecule is C[Si](C)(C)OCCCNCCNCCCO[Si](C)(C)C. The molecule has 0 aromatic carbocycles. The van der Waals surface area contributed by atoms with Gasteiger partial charge in [-0.3, -0.25) is 0 Å². The largest absolute Gasteiger partial charge is 0.418 e. The first-order chi connectivity index (χ1) is 9.21. The standard InChI is InChI=1S/C14H36N2O2Si2/c1-19(2,3)17-13-7-9-15-11-12-16-10-8-14-18-20(4,5)6/h15-16H,7-14H2,1-6H3. The lowest BCUT2D eigenvalue weighted by molar-refractivity contribution is 0.299. The first-order valence-electron chi connectivity index (χ1n) is 7.90. The Morgan fingerprint density at radius 3 is 1.25 bits per heavy atom. The van der Waals surface area contributed by atoms with Crippen LogP contribution in [0.2, 0.25) is 39.3 Å². The molecule has 0 spiro atoms. The van der Waals surface area contributed by atoms with Gasteiger partial charge in [-0.2, -0.15) is 0 Å². The van der Waals surface area contributed by atoms with Crippen LogP contribution >= 0.6 is 0 Å². The van der Waals surface area contributed by atoms with Gasteiger partial charge in [-0.1, -0.05) is 0 Å². The van der Waals surface area contributed by atoms with E-state index in [0.29, 0.717) is 0 Å². The Morgan fingerprint density at radius 1 is 0.600 bits per heavy atom. The molecule has 0 radical (unpaired) electrons. The van der Waals surface area contributed by atoms with Gasteiger partial charge < -0.3 is 19.5 Å². The van der Waals surface area contributed by atoms with Crippen molar-refractivity contribution in [2.24, 2.45) is 0 Å². The van der Waals surface area contributed by atoms with E-state index in [1.807, 2.05) is 0 Å². The molecule has 0 amide bonds. The fraction of sp³-hybridized carbons (Fsp3) is 1.00. The average molecular weight is 321 g/mol. The monoisotopic (exact) mass is 320 g/mol. The van der Waals surface area contributed by atoms with Gasteiger partial charge >= 0.3 is 0 Å². The van der Waals surface area contributed by atoms with Crippen molar-refractivity contribution in [3.8, 4) is 0 Å². The van der Waals surface area contributed by atoms with Crippen molar-refractivity contribution in [2.75, 3.05) is 39.4 Å². The Balaban J connectivity index is 3.10.